The predicted octanol–water partition coefficient (Wildman–Crippen LogP) is 2.99. The largest absolute Gasteiger partial charge is 0.382 e. The van der Waals surface area contributed by atoms with E-state index >= 15 is 0 Å². The Morgan fingerprint density at radius 3 is 2.47 bits per heavy atom. The molecular formula is C14H31NO2. The minimum absolute atomic E-state index is 0.517. The molecule has 1 N–H and O–H groups in total. The number of unbranched alkanes of at least 4 members (excludes halogenated alkanes) is 3. The highest BCUT2D eigenvalue weighted by atomic mass is 16.5. The van der Waals surface area contributed by atoms with Crippen molar-refractivity contribution in [2.75, 3.05) is 33.5 Å². The fraction of sp³-hybridized carbons (Fsp3) is 1.00. The fourth-order valence-corrected chi connectivity index (χ4v) is 1.78. The molecule has 0 aromatic heterocycles. The Morgan fingerprint density at radius 1 is 1.00 bits per heavy atom. The van der Waals surface area contributed by atoms with E-state index in [1.807, 2.05) is 0 Å². The van der Waals surface area contributed by atoms with E-state index in [2.05, 4.69) is 19.2 Å². The van der Waals surface area contributed by atoms with Gasteiger partial charge in [-0.05, 0) is 19.4 Å². The molecule has 0 aromatic rings. The lowest BCUT2D eigenvalue weighted by Crippen LogP contribution is -2.34. The molecule has 0 amide bonds. The van der Waals surface area contributed by atoms with E-state index in [9.17, 15) is 0 Å². The molecule has 0 rings (SSSR count). The zero-order chi connectivity index (χ0) is 12.8. The van der Waals surface area contributed by atoms with Gasteiger partial charge >= 0.3 is 0 Å². The van der Waals surface area contributed by atoms with Crippen LogP contribution in [-0.4, -0.2) is 39.5 Å². The first-order valence-electron chi connectivity index (χ1n) is 7.15. The number of hydrogen-bond acceptors (Lipinski definition) is 3. The van der Waals surface area contributed by atoms with Gasteiger partial charge in [0.15, 0.2) is 0 Å². The standard InChI is InChI=1S/C14H31NO2/c1-4-6-7-8-9-14(15-10-5-2)13-17-12-11-16-3/h14-15H,4-13H2,1-3H3. The number of hydrogen-bond donors (Lipinski definition) is 1. The minimum Gasteiger partial charge on any atom is -0.382 e. The smallest absolute Gasteiger partial charge is 0.0701 e. The molecule has 1 unspecified atom stereocenters. The van der Waals surface area contributed by atoms with Crippen LogP contribution in [0.15, 0.2) is 0 Å². The minimum atomic E-state index is 0.517. The maximum absolute atomic E-state index is 5.60. The summed E-state index contributed by atoms with van der Waals surface area (Å²) in [5.74, 6) is 0. The second-order valence-corrected chi connectivity index (χ2v) is 4.57. The van der Waals surface area contributed by atoms with Crippen molar-refractivity contribution in [3.05, 3.63) is 0 Å². The highest BCUT2D eigenvalue weighted by molar-refractivity contribution is 4.66. The van der Waals surface area contributed by atoms with Gasteiger partial charge in [0.05, 0.1) is 19.8 Å². The molecule has 104 valence electrons. The van der Waals surface area contributed by atoms with E-state index in [0.29, 0.717) is 19.3 Å². The van der Waals surface area contributed by atoms with Crippen molar-refractivity contribution in [3.8, 4) is 0 Å². The van der Waals surface area contributed by atoms with Crippen LogP contribution < -0.4 is 5.32 Å². The van der Waals surface area contributed by atoms with Crippen molar-refractivity contribution in [2.45, 2.75) is 58.4 Å². The van der Waals surface area contributed by atoms with Crippen molar-refractivity contribution in [1.29, 1.82) is 0 Å². The van der Waals surface area contributed by atoms with Gasteiger partial charge in [0.25, 0.3) is 0 Å². The van der Waals surface area contributed by atoms with Crippen LogP contribution in [0.3, 0.4) is 0 Å². The molecule has 0 heterocycles. The van der Waals surface area contributed by atoms with Crippen LogP contribution in [0, 0.1) is 0 Å². The molecular weight excluding hydrogens is 214 g/mol. The first kappa shape index (κ1) is 16.9. The third-order valence-corrected chi connectivity index (χ3v) is 2.84. The summed E-state index contributed by atoms with van der Waals surface area (Å²) in [5.41, 5.74) is 0. The van der Waals surface area contributed by atoms with Gasteiger partial charge in [-0.2, -0.15) is 0 Å². The van der Waals surface area contributed by atoms with E-state index in [4.69, 9.17) is 9.47 Å². The molecule has 0 aromatic carbocycles. The van der Waals surface area contributed by atoms with Gasteiger partial charge in [0, 0.05) is 13.2 Å². The number of ether oxygens (including phenoxy) is 2. The summed E-state index contributed by atoms with van der Waals surface area (Å²) < 4.78 is 10.6. The number of nitrogens with one attached hydrogen (secondary N) is 1. The quantitative estimate of drug-likeness (QED) is 0.506. The first-order valence-corrected chi connectivity index (χ1v) is 7.15. The molecule has 3 heteroatoms. The van der Waals surface area contributed by atoms with Crippen LogP contribution in [0.1, 0.15) is 52.4 Å². The van der Waals surface area contributed by atoms with E-state index in [1.54, 1.807) is 7.11 Å². The second-order valence-electron chi connectivity index (χ2n) is 4.57. The Hall–Kier alpha value is -0.120. The summed E-state index contributed by atoms with van der Waals surface area (Å²) in [6, 6.07) is 0.517. The van der Waals surface area contributed by atoms with Crippen molar-refractivity contribution in [3.63, 3.8) is 0 Å². The van der Waals surface area contributed by atoms with E-state index < -0.39 is 0 Å². The summed E-state index contributed by atoms with van der Waals surface area (Å²) in [7, 11) is 1.71. The van der Waals surface area contributed by atoms with Crippen molar-refractivity contribution >= 4 is 0 Å². The molecule has 17 heavy (non-hydrogen) atoms. The highest BCUT2D eigenvalue weighted by Crippen LogP contribution is 2.06. The third-order valence-electron chi connectivity index (χ3n) is 2.84. The summed E-state index contributed by atoms with van der Waals surface area (Å²) in [6.07, 6.45) is 7.72. The van der Waals surface area contributed by atoms with Crippen LogP contribution in [0.4, 0.5) is 0 Å². The average molecular weight is 245 g/mol. The highest BCUT2D eigenvalue weighted by Gasteiger charge is 2.07. The molecule has 0 saturated carbocycles. The van der Waals surface area contributed by atoms with Gasteiger partial charge < -0.3 is 14.8 Å². The van der Waals surface area contributed by atoms with Crippen LogP contribution >= 0.6 is 0 Å². The number of methoxy groups -OCH3 is 1. The predicted molar refractivity (Wildman–Crippen MR) is 73.5 cm³/mol. The van der Waals surface area contributed by atoms with Crippen molar-refractivity contribution in [1.82, 2.24) is 5.32 Å². The van der Waals surface area contributed by atoms with Crippen molar-refractivity contribution in [2.24, 2.45) is 0 Å². The summed E-state index contributed by atoms with van der Waals surface area (Å²) in [5, 5.41) is 3.56. The lowest BCUT2D eigenvalue weighted by atomic mass is 10.1. The summed E-state index contributed by atoms with van der Waals surface area (Å²) in [4.78, 5) is 0. The Bertz CT molecular complexity index is 130. The second kappa shape index (κ2) is 13.9. The third kappa shape index (κ3) is 12.1. The van der Waals surface area contributed by atoms with Crippen LogP contribution in [0.5, 0.6) is 0 Å². The molecule has 0 aliphatic rings. The van der Waals surface area contributed by atoms with Crippen LogP contribution in [0.25, 0.3) is 0 Å². The molecule has 0 saturated heterocycles. The fourth-order valence-electron chi connectivity index (χ4n) is 1.78. The molecule has 3 nitrogen and oxygen atoms in total. The summed E-state index contributed by atoms with van der Waals surface area (Å²) in [6.45, 7) is 7.75. The zero-order valence-electron chi connectivity index (χ0n) is 12.0. The van der Waals surface area contributed by atoms with Gasteiger partial charge in [-0.3, -0.25) is 0 Å². The first-order chi connectivity index (χ1) is 8.35. The SMILES string of the molecule is CCCCCCC(COCCOC)NCCC. The lowest BCUT2D eigenvalue weighted by Gasteiger charge is -2.18. The Labute approximate surface area is 107 Å². The molecule has 0 radical (unpaired) electrons. The molecule has 0 fully saturated rings. The van der Waals surface area contributed by atoms with Crippen molar-refractivity contribution < 1.29 is 9.47 Å². The maximum Gasteiger partial charge on any atom is 0.0701 e. The van der Waals surface area contributed by atoms with Gasteiger partial charge in [-0.25, -0.2) is 0 Å². The van der Waals surface area contributed by atoms with E-state index in [0.717, 1.165) is 13.2 Å². The van der Waals surface area contributed by atoms with Gasteiger partial charge in [-0.15, -0.1) is 0 Å². The molecule has 1 atom stereocenters. The van der Waals surface area contributed by atoms with Gasteiger partial charge in [-0.1, -0.05) is 39.5 Å². The molecule has 0 aliphatic heterocycles. The Morgan fingerprint density at radius 2 is 1.82 bits per heavy atom. The van der Waals surface area contributed by atoms with Crippen LogP contribution in [0.2, 0.25) is 0 Å². The summed E-state index contributed by atoms with van der Waals surface area (Å²) >= 11 is 0. The monoisotopic (exact) mass is 245 g/mol. The van der Waals surface area contributed by atoms with E-state index in [-0.39, 0.29) is 0 Å². The normalized spacial score (nSPS) is 12.9. The average Bonchev–Trinajstić information content (AvgIpc) is 2.35. The lowest BCUT2D eigenvalue weighted by molar-refractivity contribution is 0.0571. The van der Waals surface area contributed by atoms with Crippen LogP contribution in [-0.2, 0) is 9.47 Å². The number of rotatable bonds is 13. The van der Waals surface area contributed by atoms with Gasteiger partial charge in [0.2, 0.25) is 0 Å². The van der Waals surface area contributed by atoms with Gasteiger partial charge in [0.1, 0.15) is 0 Å². The maximum atomic E-state index is 5.60. The Kier molecular flexibility index (Phi) is 13.8. The molecule has 0 bridgehead atoms. The molecule has 0 spiro atoms. The Balaban J connectivity index is 3.56. The molecule has 0 aliphatic carbocycles. The van der Waals surface area contributed by atoms with E-state index in [1.165, 1.54) is 38.5 Å². The topological polar surface area (TPSA) is 30.5 Å². The zero-order valence-corrected chi connectivity index (χ0v) is 12.0.